The zero-order valence-corrected chi connectivity index (χ0v) is 8.87. The second kappa shape index (κ2) is 4.84. The highest BCUT2D eigenvalue weighted by Crippen LogP contribution is 2.27. The Labute approximate surface area is 95.5 Å². The molecule has 2 rings (SSSR count). The van der Waals surface area contributed by atoms with Crippen LogP contribution in [-0.4, -0.2) is 41.5 Å². The molecular weight excluding hydrogens is 237 g/mol. The lowest BCUT2D eigenvalue weighted by molar-refractivity contribution is -0.141. The van der Waals surface area contributed by atoms with Crippen LogP contribution < -0.4 is 5.43 Å². The number of anilines is 1. The molecule has 1 aromatic heterocycles. The van der Waals surface area contributed by atoms with Crippen molar-refractivity contribution in [3.63, 3.8) is 0 Å². The molecule has 0 bridgehead atoms. The molecule has 0 amide bonds. The lowest BCUT2D eigenvalue weighted by atomic mass is 10.4. The van der Waals surface area contributed by atoms with Gasteiger partial charge in [0.05, 0.1) is 13.2 Å². The van der Waals surface area contributed by atoms with Gasteiger partial charge >= 0.3 is 6.18 Å². The van der Waals surface area contributed by atoms with Gasteiger partial charge in [0.2, 0.25) is 0 Å². The molecule has 0 atom stereocenters. The van der Waals surface area contributed by atoms with Gasteiger partial charge in [-0.1, -0.05) is 0 Å². The summed E-state index contributed by atoms with van der Waals surface area (Å²) in [4.78, 5) is 0. The summed E-state index contributed by atoms with van der Waals surface area (Å²) in [6.45, 7) is 2.48. The van der Waals surface area contributed by atoms with E-state index in [-0.39, 0.29) is 0 Å². The molecule has 1 aliphatic rings. The highest BCUT2D eigenvalue weighted by molar-refractivity contribution is 5.32. The minimum Gasteiger partial charge on any atom is -0.379 e. The van der Waals surface area contributed by atoms with E-state index in [0.717, 1.165) is 6.07 Å². The standard InChI is InChI=1S/C9H11F3N4O/c10-9(11,12)7-1-2-8(14-13-7)15-16-3-5-17-6-4-16/h1-2H,3-6H2,(H,14,15). The topological polar surface area (TPSA) is 50.3 Å². The first-order valence-electron chi connectivity index (χ1n) is 5.06. The van der Waals surface area contributed by atoms with Crippen LogP contribution in [0.4, 0.5) is 19.0 Å². The lowest BCUT2D eigenvalue weighted by Gasteiger charge is -2.27. The van der Waals surface area contributed by atoms with Crippen molar-refractivity contribution in [2.75, 3.05) is 31.7 Å². The highest BCUT2D eigenvalue weighted by atomic mass is 19.4. The Morgan fingerprint density at radius 1 is 1.18 bits per heavy atom. The van der Waals surface area contributed by atoms with Gasteiger partial charge in [0.1, 0.15) is 0 Å². The molecule has 94 valence electrons. The molecule has 0 aliphatic carbocycles. The molecule has 1 saturated heterocycles. The van der Waals surface area contributed by atoms with Gasteiger partial charge in [-0.3, -0.25) is 0 Å². The maximum atomic E-state index is 12.2. The first-order valence-corrected chi connectivity index (χ1v) is 5.06. The summed E-state index contributed by atoms with van der Waals surface area (Å²) < 4.78 is 41.8. The van der Waals surface area contributed by atoms with Crippen LogP contribution >= 0.6 is 0 Å². The third kappa shape index (κ3) is 3.27. The number of nitrogens with zero attached hydrogens (tertiary/aromatic N) is 3. The van der Waals surface area contributed by atoms with Crippen LogP contribution in [0.1, 0.15) is 5.69 Å². The van der Waals surface area contributed by atoms with Gasteiger partial charge in [0, 0.05) is 13.1 Å². The number of halogens is 3. The van der Waals surface area contributed by atoms with Crippen LogP contribution in [0.15, 0.2) is 12.1 Å². The summed E-state index contributed by atoms with van der Waals surface area (Å²) in [6, 6.07) is 2.15. The predicted molar refractivity (Wildman–Crippen MR) is 53.0 cm³/mol. The van der Waals surface area contributed by atoms with Crippen molar-refractivity contribution in [1.82, 2.24) is 15.2 Å². The summed E-state index contributed by atoms with van der Waals surface area (Å²) >= 11 is 0. The van der Waals surface area contributed by atoms with Crippen LogP contribution in [0.5, 0.6) is 0 Å². The molecule has 0 saturated carbocycles. The van der Waals surface area contributed by atoms with E-state index in [1.54, 1.807) is 0 Å². The van der Waals surface area contributed by atoms with Crippen molar-refractivity contribution in [2.45, 2.75) is 6.18 Å². The molecular formula is C9H11F3N4O. The van der Waals surface area contributed by atoms with Crippen molar-refractivity contribution in [2.24, 2.45) is 0 Å². The number of aromatic nitrogens is 2. The zero-order chi connectivity index (χ0) is 12.3. The van der Waals surface area contributed by atoms with E-state index in [9.17, 15) is 13.2 Å². The number of hydrogen-bond donors (Lipinski definition) is 1. The molecule has 0 unspecified atom stereocenters. The van der Waals surface area contributed by atoms with E-state index >= 15 is 0 Å². The lowest BCUT2D eigenvalue weighted by Crippen LogP contribution is -2.40. The number of rotatable bonds is 2. The number of nitrogens with one attached hydrogen (secondary N) is 1. The SMILES string of the molecule is FC(F)(F)c1ccc(NN2CCOCC2)nn1. The Balaban J connectivity index is 1.98. The largest absolute Gasteiger partial charge is 0.435 e. The summed E-state index contributed by atoms with van der Waals surface area (Å²) in [5.41, 5.74) is 1.88. The second-order valence-electron chi connectivity index (χ2n) is 3.51. The average molecular weight is 248 g/mol. The maximum Gasteiger partial charge on any atom is 0.435 e. The fourth-order valence-corrected chi connectivity index (χ4v) is 1.38. The number of hydrogen-bond acceptors (Lipinski definition) is 5. The van der Waals surface area contributed by atoms with Crippen LogP contribution in [0, 0.1) is 0 Å². The van der Waals surface area contributed by atoms with Gasteiger partial charge in [-0.05, 0) is 12.1 Å². The molecule has 1 fully saturated rings. The number of morpholine rings is 1. The molecule has 1 N–H and O–H groups in total. The Kier molecular flexibility index (Phi) is 3.43. The quantitative estimate of drug-likeness (QED) is 0.851. The molecule has 2 heterocycles. The van der Waals surface area contributed by atoms with Crippen molar-refractivity contribution < 1.29 is 17.9 Å². The van der Waals surface area contributed by atoms with E-state index in [0.29, 0.717) is 32.1 Å². The van der Waals surface area contributed by atoms with Gasteiger partial charge in [0.25, 0.3) is 0 Å². The van der Waals surface area contributed by atoms with E-state index in [1.807, 2.05) is 5.01 Å². The zero-order valence-electron chi connectivity index (χ0n) is 8.87. The van der Waals surface area contributed by atoms with E-state index < -0.39 is 11.9 Å². The Hall–Kier alpha value is -1.41. The Bertz CT molecular complexity index is 361. The first kappa shape index (κ1) is 12.1. The highest BCUT2D eigenvalue weighted by Gasteiger charge is 2.32. The summed E-state index contributed by atoms with van der Waals surface area (Å²) in [6.07, 6.45) is -4.45. The van der Waals surface area contributed by atoms with Crippen LogP contribution in [0.2, 0.25) is 0 Å². The van der Waals surface area contributed by atoms with E-state index in [2.05, 4.69) is 15.6 Å². The average Bonchev–Trinajstić information content (AvgIpc) is 2.30. The number of ether oxygens (including phenoxy) is 1. The van der Waals surface area contributed by atoms with Gasteiger partial charge in [-0.2, -0.15) is 13.2 Å². The van der Waals surface area contributed by atoms with Gasteiger partial charge in [0.15, 0.2) is 11.5 Å². The fourth-order valence-electron chi connectivity index (χ4n) is 1.38. The maximum absolute atomic E-state index is 12.2. The molecule has 1 aromatic rings. The molecule has 0 spiro atoms. The molecule has 5 nitrogen and oxygen atoms in total. The van der Waals surface area contributed by atoms with Gasteiger partial charge in [-0.25, -0.2) is 5.01 Å². The minimum absolute atomic E-state index is 0.292. The van der Waals surface area contributed by atoms with E-state index in [1.165, 1.54) is 6.07 Å². The van der Waals surface area contributed by atoms with Gasteiger partial charge < -0.3 is 10.2 Å². The van der Waals surface area contributed by atoms with E-state index in [4.69, 9.17) is 4.74 Å². The fraction of sp³-hybridized carbons (Fsp3) is 0.556. The molecule has 1 aliphatic heterocycles. The Morgan fingerprint density at radius 3 is 2.41 bits per heavy atom. The number of alkyl halides is 3. The van der Waals surface area contributed by atoms with Crippen molar-refractivity contribution >= 4 is 5.82 Å². The van der Waals surface area contributed by atoms with Gasteiger partial charge in [-0.15, -0.1) is 10.2 Å². The Morgan fingerprint density at radius 2 is 1.88 bits per heavy atom. The minimum atomic E-state index is -4.45. The first-order chi connectivity index (χ1) is 8.05. The second-order valence-corrected chi connectivity index (χ2v) is 3.51. The van der Waals surface area contributed by atoms with Crippen LogP contribution in [0.25, 0.3) is 0 Å². The summed E-state index contributed by atoms with van der Waals surface area (Å²) in [5, 5.41) is 8.42. The summed E-state index contributed by atoms with van der Waals surface area (Å²) in [5.74, 6) is 0.292. The predicted octanol–water partition coefficient (Wildman–Crippen LogP) is 1.15. The molecule has 0 aromatic carbocycles. The smallest absolute Gasteiger partial charge is 0.379 e. The monoisotopic (exact) mass is 248 g/mol. The molecule has 8 heteroatoms. The van der Waals surface area contributed by atoms with Crippen LogP contribution in [-0.2, 0) is 10.9 Å². The van der Waals surface area contributed by atoms with Crippen molar-refractivity contribution in [3.05, 3.63) is 17.8 Å². The van der Waals surface area contributed by atoms with Crippen molar-refractivity contribution in [1.29, 1.82) is 0 Å². The third-order valence-electron chi connectivity index (χ3n) is 2.24. The molecule has 17 heavy (non-hydrogen) atoms. The normalized spacial score (nSPS) is 18.1. The third-order valence-corrected chi connectivity index (χ3v) is 2.24. The van der Waals surface area contributed by atoms with Crippen molar-refractivity contribution in [3.8, 4) is 0 Å². The number of hydrazine groups is 1. The molecule has 0 radical (unpaired) electrons. The van der Waals surface area contributed by atoms with Crippen LogP contribution in [0.3, 0.4) is 0 Å². The summed E-state index contributed by atoms with van der Waals surface area (Å²) in [7, 11) is 0.